The normalized spacial score (nSPS) is 11.9. The number of aromatic nitrogens is 3. The second-order valence-corrected chi connectivity index (χ2v) is 5.56. The number of rotatable bonds is 5. The highest BCUT2D eigenvalue weighted by atomic mass is 32.2. The maximum absolute atomic E-state index is 11.9. The molecule has 0 unspecified atom stereocenters. The number of carbonyl (C=O) groups excluding carboxylic acids is 1. The van der Waals surface area contributed by atoms with Gasteiger partial charge in [0.2, 0.25) is 11.9 Å². The number of ether oxygens (including phenoxy) is 1. The maximum atomic E-state index is 11.9. The molecule has 1 heterocycles. The number of hydrogen-bond acceptors (Lipinski definition) is 8. The first-order chi connectivity index (χ1) is 10.0. The number of nitrogens with zero attached hydrogens (tertiary/aromatic N) is 3. The van der Waals surface area contributed by atoms with Gasteiger partial charge in [0.05, 0.1) is 0 Å². The Bertz CT molecular complexity index is 603. The number of carbonyl (C=O) groups is 1. The largest absolute Gasteiger partial charge is 0.457 e. The molecule has 0 amide bonds. The average Bonchev–Trinajstić information content (AvgIpc) is 2.44. The number of anilines is 2. The van der Waals surface area contributed by atoms with Crippen molar-refractivity contribution in [1.29, 1.82) is 0 Å². The summed E-state index contributed by atoms with van der Waals surface area (Å²) in [6.45, 7) is 1.69. The smallest absolute Gasteiger partial charge is 0.319 e. The Morgan fingerprint density at radius 2 is 1.81 bits per heavy atom. The van der Waals surface area contributed by atoms with Crippen molar-refractivity contribution in [3.8, 4) is 0 Å². The van der Waals surface area contributed by atoms with Crippen LogP contribution < -0.4 is 11.5 Å². The van der Waals surface area contributed by atoms with E-state index in [9.17, 15) is 4.79 Å². The van der Waals surface area contributed by atoms with E-state index >= 15 is 0 Å². The van der Waals surface area contributed by atoms with Crippen molar-refractivity contribution >= 4 is 29.6 Å². The van der Waals surface area contributed by atoms with E-state index in [2.05, 4.69) is 15.0 Å². The first kappa shape index (κ1) is 15.0. The summed E-state index contributed by atoms with van der Waals surface area (Å²) in [4.78, 5) is 24.2. The zero-order chi connectivity index (χ0) is 15.2. The Kier molecular flexibility index (Phi) is 4.94. The molecule has 0 fully saturated rings. The summed E-state index contributed by atoms with van der Waals surface area (Å²) >= 11 is 1.42. The highest BCUT2D eigenvalue weighted by molar-refractivity contribution is 8.00. The van der Waals surface area contributed by atoms with Crippen molar-refractivity contribution in [2.45, 2.75) is 23.7 Å². The summed E-state index contributed by atoms with van der Waals surface area (Å²) in [6, 6.07) is 9.61. The van der Waals surface area contributed by atoms with Crippen molar-refractivity contribution < 1.29 is 9.53 Å². The third-order valence-electron chi connectivity index (χ3n) is 2.45. The van der Waals surface area contributed by atoms with Crippen LogP contribution in [0.3, 0.4) is 0 Å². The standard InChI is InChI=1S/C13H15N5O2S/c1-8(21-9-5-3-2-4-6-9)11(19)20-7-10-16-12(14)18-13(15)17-10/h2-6,8H,7H2,1H3,(H4,14,15,16,17,18)/t8-/m1/s1. The van der Waals surface area contributed by atoms with Crippen LogP contribution >= 0.6 is 11.8 Å². The van der Waals surface area contributed by atoms with Crippen LogP contribution in [0.5, 0.6) is 0 Å². The first-order valence-electron chi connectivity index (χ1n) is 6.19. The van der Waals surface area contributed by atoms with Gasteiger partial charge in [-0.05, 0) is 19.1 Å². The van der Waals surface area contributed by atoms with Crippen LogP contribution in [-0.2, 0) is 16.1 Å². The van der Waals surface area contributed by atoms with Crippen LogP contribution in [0.1, 0.15) is 12.7 Å². The fraction of sp³-hybridized carbons (Fsp3) is 0.231. The summed E-state index contributed by atoms with van der Waals surface area (Å²) in [5.74, 6) is -0.132. The van der Waals surface area contributed by atoms with E-state index in [4.69, 9.17) is 16.2 Å². The molecule has 2 aromatic rings. The van der Waals surface area contributed by atoms with E-state index in [1.54, 1.807) is 6.92 Å². The maximum Gasteiger partial charge on any atom is 0.319 e. The summed E-state index contributed by atoms with van der Waals surface area (Å²) in [6.07, 6.45) is 0. The molecule has 0 aliphatic carbocycles. The van der Waals surface area contributed by atoms with Crippen molar-refractivity contribution in [3.05, 3.63) is 36.2 Å². The molecule has 0 saturated carbocycles. The van der Waals surface area contributed by atoms with Gasteiger partial charge in [0, 0.05) is 4.90 Å². The van der Waals surface area contributed by atoms with Gasteiger partial charge in [-0.25, -0.2) is 0 Å². The molecule has 7 nitrogen and oxygen atoms in total. The molecule has 2 rings (SSSR count). The molecular formula is C13H15N5O2S. The Labute approximate surface area is 126 Å². The van der Waals surface area contributed by atoms with Gasteiger partial charge >= 0.3 is 5.97 Å². The minimum atomic E-state index is -0.360. The van der Waals surface area contributed by atoms with E-state index in [0.717, 1.165) is 4.90 Å². The number of thioether (sulfide) groups is 1. The van der Waals surface area contributed by atoms with Gasteiger partial charge in [-0.2, -0.15) is 15.0 Å². The Hall–Kier alpha value is -2.35. The van der Waals surface area contributed by atoms with E-state index in [-0.39, 0.29) is 35.5 Å². The Morgan fingerprint density at radius 3 is 2.43 bits per heavy atom. The number of esters is 1. The Balaban J connectivity index is 1.89. The van der Waals surface area contributed by atoms with Gasteiger partial charge in [-0.1, -0.05) is 18.2 Å². The molecule has 0 aliphatic heterocycles. The van der Waals surface area contributed by atoms with Crippen LogP contribution in [0, 0.1) is 0 Å². The second kappa shape index (κ2) is 6.89. The van der Waals surface area contributed by atoms with E-state index < -0.39 is 0 Å². The molecule has 0 radical (unpaired) electrons. The fourth-order valence-electron chi connectivity index (χ4n) is 1.53. The fourth-order valence-corrected chi connectivity index (χ4v) is 2.41. The highest BCUT2D eigenvalue weighted by Gasteiger charge is 2.16. The molecule has 0 saturated heterocycles. The van der Waals surface area contributed by atoms with E-state index in [1.165, 1.54) is 11.8 Å². The predicted octanol–water partition coefficient (Wildman–Crippen LogP) is 1.26. The van der Waals surface area contributed by atoms with Gasteiger partial charge in [-0.3, -0.25) is 4.79 Å². The van der Waals surface area contributed by atoms with Crippen LogP contribution in [0.4, 0.5) is 11.9 Å². The van der Waals surface area contributed by atoms with Gasteiger partial charge in [0.15, 0.2) is 12.4 Å². The topological polar surface area (TPSA) is 117 Å². The van der Waals surface area contributed by atoms with Crippen molar-refractivity contribution in [1.82, 2.24) is 15.0 Å². The van der Waals surface area contributed by atoms with Crippen molar-refractivity contribution in [3.63, 3.8) is 0 Å². The molecule has 21 heavy (non-hydrogen) atoms. The monoisotopic (exact) mass is 305 g/mol. The summed E-state index contributed by atoms with van der Waals surface area (Å²) in [5.41, 5.74) is 10.9. The second-order valence-electron chi connectivity index (χ2n) is 4.15. The Morgan fingerprint density at radius 1 is 1.19 bits per heavy atom. The number of benzene rings is 1. The zero-order valence-electron chi connectivity index (χ0n) is 11.4. The summed E-state index contributed by atoms with van der Waals surface area (Å²) < 4.78 is 5.15. The lowest BCUT2D eigenvalue weighted by molar-refractivity contribution is -0.144. The van der Waals surface area contributed by atoms with Crippen LogP contribution in [0.2, 0.25) is 0 Å². The van der Waals surface area contributed by atoms with Gasteiger partial charge in [-0.15, -0.1) is 11.8 Å². The minimum absolute atomic E-state index is 0.000239. The lowest BCUT2D eigenvalue weighted by Gasteiger charge is -2.10. The lowest BCUT2D eigenvalue weighted by Crippen LogP contribution is -2.18. The molecule has 1 aromatic heterocycles. The molecule has 4 N–H and O–H groups in total. The van der Waals surface area contributed by atoms with Crippen molar-refractivity contribution in [2.75, 3.05) is 11.5 Å². The molecule has 0 aliphatic rings. The van der Waals surface area contributed by atoms with Gasteiger partial charge < -0.3 is 16.2 Å². The number of nitrogens with two attached hydrogens (primary N) is 2. The first-order valence-corrected chi connectivity index (χ1v) is 7.07. The zero-order valence-corrected chi connectivity index (χ0v) is 12.2. The molecule has 1 atom stereocenters. The molecule has 0 spiro atoms. The number of nitrogen functional groups attached to an aromatic ring is 2. The minimum Gasteiger partial charge on any atom is -0.457 e. The van der Waals surface area contributed by atoms with Gasteiger partial charge in [0.1, 0.15) is 5.25 Å². The summed E-state index contributed by atoms with van der Waals surface area (Å²) in [5, 5.41) is -0.344. The predicted molar refractivity (Wildman–Crippen MR) is 80.2 cm³/mol. The van der Waals surface area contributed by atoms with E-state index in [0.29, 0.717) is 0 Å². The molecule has 0 bridgehead atoms. The van der Waals surface area contributed by atoms with E-state index in [1.807, 2.05) is 30.3 Å². The van der Waals surface area contributed by atoms with Crippen LogP contribution in [0.25, 0.3) is 0 Å². The van der Waals surface area contributed by atoms with Crippen LogP contribution in [-0.4, -0.2) is 26.2 Å². The average molecular weight is 305 g/mol. The van der Waals surface area contributed by atoms with Gasteiger partial charge in [0.25, 0.3) is 0 Å². The highest BCUT2D eigenvalue weighted by Crippen LogP contribution is 2.23. The molecule has 8 heteroatoms. The van der Waals surface area contributed by atoms with Crippen LogP contribution in [0.15, 0.2) is 35.2 Å². The SMILES string of the molecule is C[C@@H](Sc1ccccc1)C(=O)OCc1nc(N)nc(N)n1. The van der Waals surface area contributed by atoms with Crippen molar-refractivity contribution in [2.24, 2.45) is 0 Å². The third-order valence-corrected chi connectivity index (χ3v) is 3.54. The number of hydrogen-bond donors (Lipinski definition) is 2. The summed E-state index contributed by atoms with van der Waals surface area (Å²) in [7, 11) is 0. The molecular weight excluding hydrogens is 290 g/mol. The quantitative estimate of drug-likeness (QED) is 0.626. The third kappa shape index (κ3) is 4.60. The lowest BCUT2D eigenvalue weighted by atomic mass is 10.4. The molecule has 1 aromatic carbocycles. The molecule has 110 valence electrons.